The maximum Gasteiger partial charge on any atom is 0.0934 e. The Morgan fingerprint density at radius 3 is 3.25 bits per heavy atom. The molecule has 1 heterocycles. The Morgan fingerprint density at radius 2 is 2.50 bits per heavy atom. The van der Waals surface area contributed by atoms with E-state index in [4.69, 9.17) is 16.3 Å². The van der Waals surface area contributed by atoms with Crippen molar-refractivity contribution in [3.8, 4) is 0 Å². The molecule has 0 spiro atoms. The summed E-state index contributed by atoms with van der Waals surface area (Å²) < 4.78 is 6.16. The van der Waals surface area contributed by atoms with Crippen molar-refractivity contribution in [2.24, 2.45) is 0 Å². The van der Waals surface area contributed by atoms with Crippen LogP contribution in [0.1, 0.15) is 36.2 Å². The molecule has 0 saturated heterocycles. The number of halogens is 1. The highest BCUT2D eigenvalue weighted by Crippen LogP contribution is 2.37. The number of rotatable bonds is 4. The van der Waals surface area contributed by atoms with E-state index in [-0.39, 0.29) is 6.10 Å². The van der Waals surface area contributed by atoms with Crippen molar-refractivity contribution in [1.29, 1.82) is 0 Å². The van der Waals surface area contributed by atoms with Gasteiger partial charge < -0.3 is 10.1 Å². The first kappa shape index (κ1) is 12.4. The average Bonchev–Trinajstić information content (AvgIpc) is 2.66. The predicted molar refractivity (Wildman–Crippen MR) is 69.5 cm³/mol. The Hall–Kier alpha value is -0.0900. The van der Waals surface area contributed by atoms with Gasteiger partial charge in [-0.05, 0) is 37.8 Å². The highest BCUT2D eigenvalue weighted by atomic mass is 35.5. The third kappa shape index (κ3) is 2.77. The van der Waals surface area contributed by atoms with Gasteiger partial charge in [-0.25, -0.2) is 0 Å². The van der Waals surface area contributed by atoms with Crippen LogP contribution in [-0.2, 0) is 11.2 Å². The van der Waals surface area contributed by atoms with E-state index in [2.05, 4.69) is 18.3 Å². The Bertz CT molecular complexity index is 353. The van der Waals surface area contributed by atoms with Crippen molar-refractivity contribution >= 4 is 22.9 Å². The summed E-state index contributed by atoms with van der Waals surface area (Å²) in [4.78, 5) is 1.46. The molecule has 0 fully saturated rings. The van der Waals surface area contributed by atoms with E-state index >= 15 is 0 Å². The van der Waals surface area contributed by atoms with Crippen molar-refractivity contribution in [2.45, 2.75) is 38.3 Å². The molecule has 16 heavy (non-hydrogen) atoms. The predicted octanol–water partition coefficient (Wildman–Crippen LogP) is 3.40. The third-order valence-electron chi connectivity index (χ3n) is 3.14. The molecule has 0 radical (unpaired) electrons. The van der Waals surface area contributed by atoms with Crippen LogP contribution in [0.3, 0.4) is 0 Å². The number of fused-ring (bicyclic) bond motifs is 1. The Kier molecular flexibility index (Phi) is 4.25. The summed E-state index contributed by atoms with van der Waals surface area (Å²) in [6, 6.07) is 2.58. The van der Waals surface area contributed by atoms with Crippen LogP contribution in [0.5, 0.6) is 0 Å². The lowest BCUT2D eigenvalue weighted by Gasteiger charge is -2.25. The highest BCUT2D eigenvalue weighted by Gasteiger charge is 2.22. The highest BCUT2D eigenvalue weighted by molar-refractivity contribution is 7.16. The average molecular weight is 260 g/mol. The number of hydrogen-bond acceptors (Lipinski definition) is 3. The maximum absolute atomic E-state index is 6.07. The summed E-state index contributed by atoms with van der Waals surface area (Å²) in [5.41, 5.74) is 1.41. The molecule has 0 aromatic carbocycles. The van der Waals surface area contributed by atoms with Crippen LogP contribution in [0, 0.1) is 0 Å². The first-order valence-electron chi connectivity index (χ1n) is 5.75. The van der Waals surface area contributed by atoms with Gasteiger partial charge in [-0.2, -0.15) is 0 Å². The number of methoxy groups -OCH3 is 1. The summed E-state index contributed by atoms with van der Waals surface area (Å²) in [7, 11) is 1.75. The molecule has 1 aromatic heterocycles. The zero-order valence-electron chi connectivity index (χ0n) is 9.75. The molecule has 0 aliphatic heterocycles. The second-order valence-electron chi connectivity index (χ2n) is 4.33. The Morgan fingerprint density at radius 1 is 1.69 bits per heavy atom. The molecule has 0 saturated carbocycles. The van der Waals surface area contributed by atoms with E-state index < -0.39 is 0 Å². The molecule has 2 atom stereocenters. The summed E-state index contributed by atoms with van der Waals surface area (Å²) in [5, 5.41) is 3.56. The minimum atomic E-state index is 0.263. The van der Waals surface area contributed by atoms with Crippen LogP contribution in [0.2, 0.25) is 4.34 Å². The smallest absolute Gasteiger partial charge is 0.0934 e. The molecular weight excluding hydrogens is 242 g/mol. The van der Waals surface area contributed by atoms with Crippen LogP contribution in [0.25, 0.3) is 0 Å². The van der Waals surface area contributed by atoms with Crippen LogP contribution < -0.4 is 5.32 Å². The van der Waals surface area contributed by atoms with E-state index in [1.54, 1.807) is 18.4 Å². The van der Waals surface area contributed by atoms with Crippen molar-refractivity contribution in [1.82, 2.24) is 5.32 Å². The number of nitrogens with one attached hydrogen (secondary N) is 1. The third-order valence-corrected chi connectivity index (χ3v) is 4.48. The fourth-order valence-electron chi connectivity index (χ4n) is 2.12. The molecule has 1 aliphatic carbocycles. The minimum Gasteiger partial charge on any atom is -0.380 e. The van der Waals surface area contributed by atoms with Gasteiger partial charge in [0.15, 0.2) is 0 Å². The summed E-state index contributed by atoms with van der Waals surface area (Å²) in [6.45, 7) is 2.98. The molecule has 90 valence electrons. The monoisotopic (exact) mass is 259 g/mol. The minimum absolute atomic E-state index is 0.263. The van der Waals surface area contributed by atoms with Crippen LogP contribution >= 0.6 is 22.9 Å². The van der Waals surface area contributed by atoms with Gasteiger partial charge in [0.25, 0.3) is 0 Å². The van der Waals surface area contributed by atoms with Gasteiger partial charge in [0.05, 0.1) is 10.4 Å². The lowest BCUT2D eigenvalue weighted by atomic mass is 9.94. The zero-order chi connectivity index (χ0) is 11.5. The number of thiophene rings is 1. The van der Waals surface area contributed by atoms with Gasteiger partial charge in [0, 0.05) is 24.6 Å². The van der Waals surface area contributed by atoms with Crippen LogP contribution in [0.15, 0.2) is 6.07 Å². The van der Waals surface area contributed by atoms with Crippen molar-refractivity contribution in [3.63, 3.8) is 0 Å². The molecule has 1 aliphatic rings. The van der Waals surface area contributed by atoms with Crippen LogP contribution in [0.4, 0.5) is 0 Å². The Labute approximate surface area is 106 Å². The molecule has 1 N–H and O–H groups in total. The number of aryl methyl sites for hydroxylation is 1. The summed E-state index contributed by atoms with van der Waals surface area (Å²) in [6.07, 6.45) is 3.91. The molecule has 2 unspecified atom stereocenters. The first-order valence-corrected chi connectivity index (χ1v) is 6.94. The topological polar surface area (TPSA) is 21.3 Å². The standard InChI is InChI=1S/C12H18ClNOS/c1-8(15-2)7-14-10-4-3-5-11-9(10)6-12(13)16-11/h6,8,10,14H,3-5,7H2,1-2H3. The van der Waals surface area contributed by atoms with Crippen LogP contribution in [-0.4, -0.2) is 19.8 Å². The van der Waals surface area contributed by atoms with Gasteiger partial charge in [0.1, 0.15) is 0 Å². The van der Waals surface area contributed by atoms with E-state index in [1.807, 2.05) is 0 Å². The molecule has 0 bridgehead atoms. The molecule has 0 amide bonds. The van der Waals surface area contributed by atoms with Crippen molar-refractivity contribution in [2.75, 3.05) is 13.7 Å². The molecule has 2 nitrogen and oxygen atoms in total. The Balaban J connectivity index is 2.01. The summed E-state index contributed by atoms with van der Waals surface area (Å²) >= 11 is 7.80. The SMILES string of the molecule is COC(C)CNC1CCCc2sc(Cl)cc21. The molecular formula is C12H18ClNOS. The van der Waals surface area contributed by atoms with E-state index in [9.17, 15) is 0 Å². The van der Waals surface area contributed by atoms with E-state index in [1.165, 1.54) is 29.7 Å². The first-order chi connectivity index (χ1) is 7.70. The fraction of sp³-hybridized carbons (Fsp3) is 0.667. The lowest BCUT2D eigenvalue weighted by molar-refractivity contribution is 0.113. The summed E-state index contributed by atoms with van der Waals surface area (Å²) in [5.74, 6) is 0. The lowest BCUT2D eigenvalue weighted by Crippen LogP contribution is -2.31. The van der Waals surface area contributed by atoms with Gasteiger partial charge >= 0.3 is 0 Å². The second kappa shape index (κ2) is 5.50. The fourth-order valence-corrected chi connectivity index (χ4v) is 3.51. The van der Waals surface area contributed by atoms with Crippen molar-refractivity contribution < 1.29 is 4.74 Å². The number of hydrogen-bond donors (Lipinski definition) is 1. The second-order valence-corrected chi connectivity index (χ2v) is 6.10. The quantitative estimate of drug-likeness (QED) is 0.895. The largest absolute Gasteiger partial charge is 0.380 e. The van der Waals surface area contributed by atoms with Gasteiger partial charge in [0.2, 0.25) is 0 Å². The van der Waals surface area contributed by atoms with E-state index in [0.29, 0.717) is 6.04 Å². The van der Waals surface area contributed by atoms with Crippen molar-refractivity contribution in [3.05, 3.63) is 20.8 Å². The molecule has 1 aromatic rings. The van der Waals surface area contributed by atoms with Gasteiger partial charge in [-0.15, -0.1) is 11.3 Å². The van der Waals surface area contributed by atoms with E-state index in [0.717, 1.165) is 10.9 Å². The zero-order valence-corrected chi connectivity index (χ0v) is 11.3. The maximum atomic E-state index is 6.07. The van der Waals surface area contributed by atoms with Gasteiger partial charge in [-0.3, -0.25) is 0 Å². The normalized spacial score (nSPS) is 21.8. The van der Waals surface area contributed by atoms with Gasteiger partial charge in [-0.1, -0.05) is 11.6 Å². The molecule has 4 heteroatoms. The number of ether oxygens (including phenoxy) is 1. The molecule has 2 rings (SSSR count).